The molecular weight excluding hydrogens is 230 g/mol. The molecule has 0 saturated heterocycles. The molecule has 90 valence electrons. The Balaban J connectivity index is 2.06. The summed E-state index contributed by atoms with van der Waals surface area (Å²) >= 11 is 0. The number of imidazole rings is 1. The smallest absolute Gasteiger partial charge is 0.215 e. The predicted molar refractivity (Wildman–Crippen MR) is 66.1 cm³/mol. The molecule has 0 aliphatic rings. The van der Waals surface area contributed by atoms with E-state index >= 15 is 0 Å². The van der Waals surface area contributed by atoms with E-state index in [1.54, 1.807) is 12.4 Å². The minimum absolute atomic E-state index is 0.580. The molecule has 1 N–H and O–H groups in total. The van der Waals surface area contributed by atoms with Crippen LogP contribution in [0.2, 0.25) is 0 Å². The van der Waals surface area contributed by atoms with Crippen molar-refractivity contribution in [2.24, 2.45) is 0 Å². The van der Waals surface area contributed by atoms with Crippen molar-refractivity contribution in [3.8, 4) is 17.3 Å². The summed E-state index contributed by atoms with van der Waals surface area (Å²) in [6.07, 6.45) is 3.28. The van der Waals surface area contributed by atoms with E-state index in [2.05, 4.69) is 25.1 Å². The fraction of sp³-hybridized carbons (Fsp3) is 0.167. The quantitative estimate of drug-likeness (QED) is 0.756. The largest absolute Gasteiger partial charge is 0.478 e. The van der Waals surface area contributed by atoms with Crippen LogP contribution >= 0.6 is 0 Å². The summed E-state index contributed by atoms with van der Waals surface area (Å²) in [4.78, 5) is 11.9. The fourth-order valence-electron chi connectivity index (χ4n) is 1.67. The number of rotatable bonds is 3. The summed E-state index contributed by atoms with van der Waals surface area (Å²) in [5, 5.41) is 7.56. The van der Waals surface area contributed by atoms with Gasteiger partial charge in [-0.25, -0.2) is 4.98 Å². The first-order valence-corrected chi connectivity index (χ1v) is 5.63. The first-order valence-electron chi connectivity index (χ1n) is 5.63. The van der Waals surface area contributed by atoms with Gasteiger partial charge < -0.3 is 9.72 Å². The zero-order chi connectivity index (χ0) is 12.4. The zero-order valence-electron chi connectivity index (χ0n) is 9.79. The maximum Gasteiger partial charge on any atom is 0.215 e. The molecule has 0 aliphatic carbocycles. The Labute approximate surface area is 103 Å². The Morgan fingerprint density at radius 3 is 2.89 bits per heavy atom. The molecular formula is C12H11N5O. The first-order chi connectivity index (χ1) is 8.86. The van der Waals surface area contributed by atoms with Gasteiger partial charge in [0.25, 0.3) is 0 Å². The van der Waals surface area contributed by atoms with Crippen LogP contribution < -0.4 is 4.74 Å². The lowest BCUT2D eigenvalue weighted by Crippen LogP contribution is -1.93. The molecule has 18 heavy (non-hydrogen) atoms. The Morgan fingerprint density at radius 1 is 1.17 bits per heavy atom. The van der Waals surface area contributed by atoms with Gasteiger partial charge in [0.1, 0.15) is 5.82 Å². The third-order valence-electron chi connectivity index (χ3n) is 2.47. The van der Waals surface area contributed by atoms with Gasteiger partial charge in [0, 0.05) is 11.6 Å². The van der Waals surface area contributed by atoms with Crippen molar-refractivity contribution in [2.75, 3.05) is 6.61 Å². The summed E-state index contributed by atoms with van der Waals surface area (Å²) in [5.74, 6) is 1.30. The Bertz CT molecular complexity index is 665. The third-order valence-corrected chi connectivity index (χ3v) is 2.47. The monoisotopic (exact) mass is 241 g/mol. The highest BCUT2D eigenvalue weighted by Gasteiger charge is 2.07. The van der Waals surface area contributed by atoms with E-state index in [1.165, 1.54) is 0 Å². The second-order valence-electron chi connectivity index (χ2n) is 3.67. The van der Waals surface area contributed by atoms with Crippen LogP contribution in [0, 0.1) is 0 Å². The minimum Gasteiger partial charge on any atom is -0.478 e. The second-order valence-corrected chi connectivity index (χ2v) is 3.67. The van der Waals surface area contributed by atoms with Gasteiger partial charge in [0.05, 0.1) is 24.5 Å². The average Bonchev–Trinajstić information content (AvgIpc) is 2.83. The lowest BCUT2D eigenvalue weighted by molar-refractivity contribution is 0.328. The van der Waals surface area contributed by atoms with Crippen LogP contribution in [0.15, 0.2) is 30.6 Å². The van der Waals surface area contributed by atoms with Crippen LogP contribution in [0.25, 0.3) is 22.6 Å². The molecule has 3 rings (SSSR count). The molecule has 0 aromatic carbocycles. The molecule has 3 aromatic rings. The van der Waals surface area contributed by atoms with Crippen molar-refractivity contribution in [3.05, 3.63) is 30.6 Å². The van der Waals surface area contributed by atoms with E-state index in [0.717, 1.165) is 16.9 Å². The van der Waals surface area contributed by atoms with Crippen LogP contribution in [0.1, 0.15) is 6.92 Å². The summed E-state index contributed by atoms with van der Waals surface area (Å²) in [6.45, 7) is 2.51. The van der Waals surface area contributed by atoms with Gasteiger partial charge in [-0.05, 0) is 19.1 Å². The molecule has 3 aromatic heterocycles. The van der Waals surface area contributed by atoms with Crippen LogP contribution in [0.3, 0.4) is 0 Å². The molecule has 0 spiro atoms. The van der Waals surface area contributed by atoms with Crippen LogP contribution in [-0.4, -0.2) is 31.8 Å². The van der Waals surface area contributed by atoms with Gasteiger partial charge >= 0.3 is 0 Å². The van der Waals surface area contributed by atoms with Gasteiger partial charge in [-0.1, -0.05) is 0 Å². The number of aromatic nitrogens is 5. The van der Waals surface area contributed by atoms with Crippen molar-refractivity contribution in [1.29, 1.82) is 0 Å². The Kier molecular flexibility index (Phi) is 2.60. The number of H-pyrrole nitrogens is 1. The van der Waals surface area contributed by atoms with Gasteiger partial charge in [-0.15, -0.1) is 0 Å². The summed E-state index contributed by atoms with van der Waals surface area (Å²) in [7, 11) is 0. The highest BCUT2D eigenvalue weighted by Crippen LogP contribution is 2.20. The van der Waals surface area contributed by atoms with E-state index in [4.69, 9.17) is 4.74 Å². The number of hydrogen-bond donors (Lipinski definition) is 1. The zero-order valence-corrected chi connectivity index (χ0v) is 9.79. The third kappa shape index (κ3) is 1.88. The molecule has 0 atom stereocenters. The minimum atomic E-state index is 0.580. The number of nitrogens with zero attached hydrogens (tertiary/aromatic N) is 4. The molecule has 0 bridgehead atoms. The highest BCUT2D eigenvalue weighted by molar-refractivity contribution is 5.76. The molecule has 6 nitrogen and oxygen atoms in total. The van der Waals surface area contributed by atoms with E-state index in [-0.39, 0.29) is 0 Å². The predicted octanol–water partition coefficient (Wildman–Crippen LogP) is 1.81. The average molecular weight is 241 g/mol. The number of hydrogen-bond acceptors (Lipinski definition) is 5. The number of fused-ring (bicyclic) bond motifs is 1. The summed E-state index contributed by atoms with van der Waals surface area (Å²) in [5.41, 5.74) is 2.37. The first kappa shape index (κ1) is 10.6. The summed E-state index contributed by atoms with van der Waals surface area (Å²) < 4.78 is 5.34. The van der Waals surface area contributed by atoms with Crippen molar-refractivity contribution in [1.82, 2.24) is 25.1 Å². The van der Waals surface area contributed by atoms with Gasteiger partial charge in [0.2, 0.25) is 5.88 Å². The van der Waals surface area contributed by atoms with Crippen LogP contribution in [-0.2, 0) is 0 Å². The standard InChI is InChI=1S/C12H11N5O/c1-2-18-10-4-3-9-12(16-10)17-11(15-9)8-5-6-13-14-7-8/h3-7H,2H2,1H3,(H,15,16,17). The molecule has 0 saturated carbocycles. The number of nitrogens with one attached hydrogen (secondary N) is 1. The maximum absolute atomic E-state index is 5.34. The van der Waals surface area contributed by atoms with E-state index in [0.29, 0.717) is 18.1 Å². The molecule has 0 unspecified atom stereocenters. The molecule has 6 heteroatoms. The van der Waals surface area contributed by atoms with Gasteiger partial charge in [-0.2, -0.15) is 15.2 Å². The Hall–Kier alpha value is -2.50. The van der Waals surface area contributed by atoms with Crippen molar-refractivity contribution in [3.63, 3.8) is 0 Å². The molecule has 3 heterocycles. The maximum atomic E-state index is 5.34. The van der Waals surface area contributed by atoms with Crippen LogP contribution in [0.5, 0.6) is 5.88 Å². The SMILES string of the molecule is CCOc1ccc2[nH]c(-c3ccnnc3)nc2n1. The summed E-state index contributed by atoms with van der Waals surface area (Å²) in [6, 6.07) is 5.56. The molecule has 0 fully saturated rings. The van der Waals surface area contributed by atoms with E-state index < -0.39 is 0 Å². The van der Waals surface area contributed by atoms with E-state index in [9.17, 15) is 0 Å². The molecule has 0 aliphatic heterocycles. The van der Waals surface area contributed by atoms with Crippen molar-refractivity contribution >= 4 is 11.2 Å². The number of aromatic amines is 1. The number of pyridine rings is 1. The van der Waals surface area contributed by atoms with Crippen LogP contribution in [0.4, 0.5) is 0 Å². The topological polar surface area (TPSA) is 76.6 Å². The van der Waals surface area contributed by atoms with Gasteiger partial charge in [0.15, 0.2) is 5.65 Å². The van der Waals surface area contributed by atoms with Crippen molar-refractivity contribution < 1.29 is 4.74 Å². The highest BCUT2D eigenvalue weighted by atomic mass is 16.5. The lowest BCUT2D eigenvalue weighted by Gasteiger charge is -1.99. The molecule has 0 radical (unpaired) electrons. The normalized spacial score (nSPS) is 10.7. The fourth-order valence-corrected chi connectivity index (χ4v) is 1.67. The van der Waals surface area contributed by atoms with Crippen molar-refractivity contribution in [2.45, 2.75) is 6.92 Å². The number of ether oxygens (including phenoxy) is 1. The molecule has 0 amide bonds. The second kappa shape index (κ2) is 4.40. The van der Waals surface area contributed by atoms with Gasteiger partial charge in [-0.3, -0.25) is 0 Å². The van der Waals surface area contributed by atoms with E-state index in [1.807, 2.05) is 25.1 Å². The Morgan fingerprint density at radius 2 is 2.11 bits per heavy atom. The lowest BCUT2D eigenvalue weighted by atomic mass is 10.3.